The average Bonchev–Trinajstić information content (AvgIpc) is 2.66. The molecule has 1 saturated heterocycles. The molecule has 3 rings (SSSR count). The van der Waals surface area contributed by atoms with Crippen LogP contribution in [0.25, 0.3) is 0 Å². The Bertz CT molecular complexity index is 469. The summed E-state index contributed by atoms with van der Waals surface area (Å²) in [5, 5.41) is 3.36. The first kappa shape index (κ1) is 11.7. The van der Waals surface area contributed by atoms with E-state index >= 15 is 0 Å². The van der Waals surface area contributed by atoms with Crippen LogP contribution in [-0.2, 0) is 11.2 Å². The van der Waals surface area contributed by atoms with Gasteiger partial charge in [-0.1, -0.05) is 0 Å². The summed E-state index contributed by atoms with van der Waals surface area (Å²) in [7, 11) is 0. The van der Waals surface area contributed by atoms with Crippen molar-refractivity contribution in [2.45, 2.75) is 19.3 Å². The van der Waals surface area contributed by atoms with Gasteiger partial charge >= 0.3 is 0 Å². The molecular formula is C14H17FN2O. The van der Waals surface area contributed by atoms with Crippen LogP contribution in [0.4, 0.5) is 10.1 Å². The highest BCUT2D eigenvalue weighted by atomic mass is 19.1. The zero-order valence-corrected chi connectivity index (χ0v) is 10.3. The fraction of sp³-hybridized carbons (Fsp3) is 0.500. The summed E-state index contributed by atoms with van der Waals surface area (Å²) in [5.74, 6) is 0.350. The van der Waals surface area contributed by atoms with Gasteiger partial charge in [0.05, 0.1) is 6.42 Å². The normalized spacial score (nSPS) is 23.3. The molecule has 0 aromatic heterocycles. The van der Waals surface area contributed by atoms with Crippen molar-refractivity contribution in [3.63, 3.8) is 0 Å². The number of benzene rings is 1. The Hall–Kier alpha value is -1.42. The molecule has 4 heteroatoms. The number of hydrogen-bond donors (Lipinski definition) is 1. The first-order valence-corrected chi connectivity index (χ1v) is 6.53. The van der Waals surface area contributed by atoms with Crippen LogP contribution in [0, 0.1) is 11.7 Å². The minimum absolute atomic E-state index is 0.0983. The summed E-state index contributed by atoms with van der Waals surface area (Å²) in [4.78, 5) is 13.8. The highest BCUT2D eigenvalue weighted by Crippen LogP contribution is 2.30. The van der Waals surface area contributed by atoms with E-state index in [1.165, 1.54) is 18.6 Å². The lowest BCUT2D eigenvalue weighted by Gasteiger charge is -2.28. The highest BCUT2D eigenvalue weighted by Gasteiger charge is 2.29. The molecule has 0 aliphatic carbocycles. The lowest BCUT2D eigenvalue weighted by Crippen LogP contribution is -2.39. The minimum atomic E-state index is -0.261. The van der Waals surface area contributed by atoms with Crippen molar-refractivity contribution < 1.29 is 9.18 Å². The van der Waals surface area contributed by atoms with Crippen molar-refractivity contribution in [2.24, 2.45) is 5.92 Å². The van der Waals surface area contributed by atoms with Crippen molar-refractivity contribution in [3.8, 4) is 0 Å². The molecule has 1 fully saturated rings. The SMILES string of the molecule is O=C1Cc2cc(F)ccc2N1CC1CCCNC1. The number of nitrogens with one attached hydrogen (secondary N) is 1. The highest BCUT2D eigenvalue weighted by molar-refractivity contribution is 6.01. The van der Waals surface area contributed by atoms with Gasteiger partial charge in [0, 0.05) is 12.2 Å². The second-order valence-electron chi connectivity index (χ2n) is 5.17. The molecule has 2 heterocycles. The van der Waals surface area contributed by atoms with Crippen molar-refractivity contribution >= 4 is 11.6 Å². The third-order valence-corrected chi connectivity index (χ3v) is 3.81. The predicted molar refractivity (Wildman–Crippen MR) is 68.1 cm³/mol. The Morgan fingerprint density at radius 2 is 2.33 bits per heavy atom. The molecule has 3 nitrogen and oxygen atoms in total. The standard InChI is InChI=1S/C14H17FN2O/c15-12-3-4-13-11(6-12)7-14(18)17(13)9-10-2-1-5-16-8-10/h3-4,6,10,16H,1-2,5,7-9H2. The van der Waals surface area contributed by atoms with Gasteiger partial charge in [-0.05, 0) is 55.6 Å². The molecule has 2 aliphatic heterocycles. The van der Waals surface area contributed by atoms with E-state index < -0.39 is 0 Å². The minimum Gasteiger partial charge on any atom is -0.316 e. The van der Waals surface area contributed by atoms with Crippen LogP contribution >= 0.6 is 0 Å². The zero-order chi connectivity index (χ0) is 12.5. The van der Waals surface area contributed by atoms with Gasteiger partial charge in [-0.3, -0.25) is 4.79 Å². The van der Waals surface area contributed by atoms with Gasteiger partial charge in [0.2, 0.25) is 5.91 Å². The van der Waals surface area contributed by atoms with E-state index in [0.717, 1.165) is 37.3 Å². The second kappa shape index (κ2) is 4.69. The van der Waals surface area contributed by atoms with Gasteiger partial charge in [-0.15, -0.1) is 0 Å². The molecule has 0 spiro atoms. The van der Waals surface area contributed by atoms with Crippen molar-refractivity contribution in [3.05, 3.63) is 29.6 Å². The van der Waals surface area contributed by atoms with E-state index in [-0.39, 0.29) is 11.7 Å². The van der Waals surface area contributed by atoms with Crippen LogP contribution < -0.4 is 10.2 Å². The first-order valence-electron chi connectivity index (χ1n) is 6.53. The van der Waals surface area contributed by atoms with E-state index in [1.54, 1.807) is 6.07 Å². The Labute approximate surface area is 106 Å². The van der Waals surface area contributed by atoms with Crippen molar-refractivity contribution in [1.29, 1.82) is 0 Å². The number of rotatable bonds is 2. The van der Waals surface area contributed by atoms with E-state index in [0.29, 0.717) is 12.3 Å². The average molecular weight is 248 g/mol. The summed E-state index contributed by atoms with van der Waals surface area (Å²) in [6.07, 6.45) is 2.67. The number of nitrogens with zero attached hydrogens (tertiary/aromatic N) is 1. The van der Waals surface area contributed by atoms with Crippen LogP contribution in [0.15, 0.2) is 18.2 Å². The third kappa shape index (κ3) is 2.12. The molecule has 96 valence electrons. The first-order chi connectivity index (χ1) is 8.74. The summed E-state index contributed by atoms with van der Waals surface area (Å²) in [6, 6.07) is 4.64. The summed E-state index contributed by atoms with van der Waals surface area (Å²) in [5.41, 5.74) is 1.72. The van der Waals surface area contributed by atoms with E-state index in [4.69, 9.17) is 0 Å². The van der Waals surface area contributed by atoms with Crippen LogP contribution in [0.3, 0.4) is 0 Å². The topological polar surface area (TPSA) is 32.3 Å². The van der Waals surface area contributed by atoms with E-state index in [2.05, 4.69) is 5.32 Å². The maximum atomic E-state index is 13.1. The second-order valence-corrected chi connectivity index (χ2v) is 5.17. The molecule has 1 N–H and O–H groups in total. The van der Waals surface area contributed by atoms with E-state index in [9.17, 15) is 9.18 Å². The van der Waals surface area contributed by atoms with Crippen molar-refractivity contribution in [1.82, 2.24) is 5.32 Å². The molecule has 1 atom stereocenters. The number of halogens is 1. The van der Waals surface area contributed by atoms with Gasteiger partial charge in [0.1, 0.15) is 5.82 Å². The van der Waals surface area contributed by atoms with Crippen LogP contribution in [0.1, 0.15) is 18.4 Å². The fourth-order valence-corrected chi connectivity index (χ4v) is 2.89. The largest absolute Gasteiger partial charge is 0.316 e. The molecule has 1 aromatic carbocycles. The monoisotopic (exact) mass is 248 g/mol. The molecule has 2 aliphatic rings. The van der Waals surface area contributed by atoms with E-state index in [1.807, 2.05) is 4.90 Å². The molecule has 0 saturated carbocycles. The molecule has 0 bridgehead atoms. The number of fused-ring (bicyclic) bond motifs is 1. The predicted octanol–water partition coefficient (Wildman–Crippen LogP) is 1.71. The molecule has 18 heavy (non-hydrogen) atoms. The number of hydrogen-bond acceptors (Lipinski definition) is 2. The Kier molecular flexibility index (Phi) is 3.04. The number of carbonyl (C=O) groups excluding carboxylic acids is 1. The Morgan fingerprint density at radius 1 is 1.44 bits per heavy atom. The maximum Gasteiger partial charge on any atom is 0.231 e. The Balaban J connectivity index is 1.78. The lowest BCUT2D eigenvalue weighted by atomic mass is 9.99. The third-order valence-electron chi connectivity index (χ3n) is 3.81. The van der Waals surface area contributed by atoms with Crippen LogP contribution in [0.2, 0.25) is 0 Å². The smallest absolute Gasteiger partial charge is 0.231 e. The number of amides is 1. The maximum absolute atomic E-state index is 13.1. The van der Waals surface area contributed by atoms with Crippen LogP contribution in [0.5, 0.6) is 0 Å². The van der Waals surface area contributed by atoms with Crippen molar-refractivity contribution in [2.75, 3.05) is 24.5 Å². The number of piperidine rings is 1. The van der Waals surface area contributed by atoms with Gasteiger partial charge in [-0.25, -0.2) is 4.39 Å². The summed E-state index contributed by atoms with van der Waals surface area (Å²) >= 11 is 0. The Morgan fingerprint density at radius 3 is 3.11 bits per heavy atom. The van der Waals surface area contributed by atoms with Crippen LogP contribution in [-0.4, -0.2) is 25.5 Å². The molecule has 0 radical (unpaired) electrons. The van der Waals surface area contributed by atoms with Gasteiger partial charge in [0.25, 0.3) is 0 Å². The molecular weight excluding hydrogens is 231 g/mol. The van der Waals surface area contributed by atoms with Gasteiger partial charge in [-0.2, -0.15) is 0 Å². The summed E-state index contributed by atoms with van der Waals surface area (Å²) in [6.45, 7) is 2.80. The fourth-order valence-electron chi connectivity index (χ4n) is 2.89. The molecule has 1 unspecified atom stereocenters. The molecule has 1 amide bonds. The number of carbonyl (C=O) groups is 1. The molecule has 1 aromatic rings. The quantitative estimate of drug-likeness (QED) is 0.864. The lowest BCUT2D eigenvalue weighted by molar-refractivity contribution is -0.117. The zero-order valence-electron chi connectivity index (χ0n) is 10.3. The van der Waals surface area contributed by atoms with Gasteiger partial charge < -0.3 is 10.2 Å². The van der Waals surface area contributed by atoms with Gasteiger partial charge in [0.15, 0.2) is 0 Å². The number of anilines is 1. The summed E-state index contributed by atoms with van der Waals surface area (Å²) < 4.78 is 13.1.